The number of amides is 2. The van der Waals surface area contributed by atoms with Gasteiger partial charge in [-0.25, -0.2) is 9.37 Å². The van der Waals surface area contributed by atoms with Crippen molar-refractivity contribution in [3.8, 4) is 11.3 Å². The number of anilines is 3. The van der Waals surface area contributed by atoms with Crippen molar-refractivity contribution in [2.45, 2.75) is 6.42 Å². The highest BCUT2D eigenvalue weighted by Gasteiger charge is 2.21. The van der Waals surface area contributed by atoms with Gasteiger partial charge in [0.1, 0.15) is 11.6 Å². The molecule has 4 rings (SSSR count). The molecule has 1 aliphatic rings. The topological polar surface area (TPSA) is 103 Å². The summed E-state index contributed by atoms with van der Waals surface area (Å²) in [6.45, 7) is 2.22. The second kappa shape index (κ2) is 10.5. The van der Waals surface area contributed by atoms with Gasteiger partial charge in [0, 0.05) is 61.6 Å². The predicted octanol–water partition coefficient (Wildman–Crippen LogP) is 3.18. The minimum atomic E-state index is -0.453. The summed E-state index contributed by atoms with van der Waals surface area (Å²) in [5.41, 5.74) is 1.80. The first-order valence-corrected chi connectivity index (χ1v) is 11.0. The van der Waals surface area contributed by atoms with Crippen LogP contribution < -0.4 is 10.6 Å². The first kappa shape index (κ1) is 23.5. The maximum atomic E-state index is 14.2. The van der Waals surface area contributed by atoms with Crippen LogP contribution in [0.3, 0.4) is 0 Å². The molecule has 11 heteroatoms. The van der Waals surface area contributed by atoms with E-state index in [4.69, 9.17) is 11.6 Å². The van der Waals surface area contributed by atoms with Crippen LogP contribution in [0.15, 0.2) is 48.8 Å². The fourth-order valence-corrected chi connectivity index (χ4v) is 3.64. The Morgan fingerprint density at radius 3 is 2.85 bits per heavy atom. The number of rotatable bonds is 7. The minimum absolute atomic E-state index is 0.0546. The molecular weight excluding hydrogens is 461 g/mol. The molecule has 1 aliphatic heterocycles. The zero-order valence-electron chi connectivity index (χ0n) is 18.5. The van der Waals surface area contributed by atoms with Crippen LogP contribution in [-0.2, 0) is 9.59 Å². The SMILES string of the molecule is CN1CCN(CCC(=O)Nc2cc(Nc3cnnc(-c4cc(Cl)ccc4F)c3)ccn2)CC1=O. The molecule has 0 saturated carbocycles. The summed E-state index contributed by atoms with van der Waals surface area (Å²) in [5, 5.41) is 14.3. The molecule has 3 aromatic rings. The highest BCUT2D eigenvalue weighted by atomic mass is 35.5. The van der Waals surface area contributed by atoms with Crippen molar-refractivity contribution >= 4 is 40.6 Å². The monoisotopic (exact) mass is 483 g/mol. The lowest BCUT2D eigenvalue weighted by Gasteiger charge is -2.31. The van der Waals surface area contributed by atoms with Crippen LogP contribution in [0, 0.1) is 5.82 Å². The van der Waals surface area contributed by atoms with E-state index >= 15 is 0 Å². The lowest BCUT2D eigenvalue weighted by molar-refractivity contribution is -0.134. The fraction of sp³-hybridized carbons (Fsp3) is 0.261. The maximum Gasteiger partial charge on any atom is 0.236 e. The molecular formula is C23H23ClFN7O2. The van der Waals surface area contributed by atoms with Gasteiger partial charge in [0.25, 0.3) is 0 Å². The number of pyridine rings is 1. The number of nitrogens with zero attached hydrogens (tertiary/aromatic N) is 5. The van der Waals surface area contributed by atoms with Crippen molar-refractivity contribution in [1.29, 1.82) is 0 Å². The van der Waals surface area contributed by atoms with E-state index in [1.54, 1.807) is 36.3 Å². The van der Waals surface area contributed by atoms with Crippen molar-refractivity contribution in [2.75, 3.05) is 43.9 Å². The molecule has 34 heavy (non-hydrogen) atoms. The van der Waals surface area contributed by atoms with Gasteiger partial charge in [-0.3, -0.25) is 14.5 Å². The summed E-state index contributed by atoms with van der Waals surface area (Å²) in [5.74, 6) is -0.211. The van der Waals surface area contributed by atoms with E-state index in [-0.39, 0.29) is 23.8 Å². The number of likely N-dealkylation sites (N-methyl/N-ethyl adjacent to an activating group) is 1. The van der Waals surface area contributed by atoms with Crippen LogP contribution >= 0.6 is 11.6 Å². The van der Waals surface area contributed by atoms with Crippen LogP contribution in [0.5, 0.6) is 0 Å². The number of nitrogens with one attached hydrogen (secondary N) is 2. The van der Waals surface area contributed by atoms with E-state index in [1.807, 2.05) is 4.90 Å². The van der Waals surface area contributed by atoms with Crippen molar-refractivity contribution in [3.63, 3.8) is 0 Å². The van der Waals surface area contributed by atoms with Crippen LogP contribution in [-0.4, -0.2) is 70.0 Å². The molecule has 2 N–H and O–H groups in total. The van der Waals surface area contributed by atoms with Gasteiger partial charge in [-0.2, -0.15) is 10.2 Å². The summed E-state index contributed by atoms with van der Waals surface area (Å²) < 4.78 is 14.2. The van der Waals surface area contributed by atoms with Crippen LogP contribution in [0.25, 0.3) is 11.3 Å². The Labute approximate surface area is 200 Å². The van der Waals surface area contributed by atoms with E-state index in [0.717, 1.165) is 6.54 Å². The predicted molar refractivity (Wildman–Crippen MR) is 127 cm³/mol. The number of aromatic nitrogens is 3. The van der Waals surface area contributed by atoms with Crippen LogP contribution in [0.2, 0.25) is 5.02 Å². The van der Waals surface area contributed by atoms with Gasteiger partial charge >= 0.3 is 0 Å². The molecule has 176 valence electrons. The second-order valence-corrected chi connectivity index (χ2v) is 8.33. The third-order valence-electron chi connectivity index (χ3n) is 5.37. The van der Waals surface area contributed by atoms with Gasteiger partial charge in [0.2, 0.25) is 11.8 Å². The molecule has 0 spiro atoms. The Hall–Kier alpha value is -3.63. The molecule has 0 unspecified atom stereocenters. The number of hydrogen-bond acceptors (Lipinski definition) is 7. The Bertz CT molecular complexity index is 1210. The lowest BCUT2D eigenvalue weighted by Crippen LogP contribution is -2.49. The largest absolute Gasteiger partial charge is 0.354 e. The highest BCUT2D eigenvalue weighted by molar-refractivity contribution is 6.30. The van der Waals surface area contributed by atoms with Crippen LogP contribution in [0.4, 0.5) is 21.6 Å². The molecule has 2 amide bonds. The van der Waals surface area contributed by atoms with E-state index in [0.29, 0.717) is 47.5 Å². The van der Waals surface area contributed by atoms with Gasteiger partial charge in [0.15, 0.2) is 0 Å². The Morgan fingerprint density at radius 2 is 2.03 bits per heavy atom. The molecule has 2 aromatic heterocycles. The third-order valence-corrected chi connectivity index (χ3v) is 5.60. The van der Waals surface area contributed by atoms with Crippen LogP contribution in [0.1, 0.15) is 6.42 Å². The summed E-state index contributed by atoms with van der Waals surface area (Å²) in [6, 6.07) is 9.29. The van der Waals surface area contributed by atoms with E-state index in [9.17, 15) is 14.0 Å². The molecule has 0 aliphatic carbocycles. The van der Waals surface area contributed by atoms with Crippen molar-refractivity contribution < 1.29 is 14.0 Å². The average Bonchev–Trinajstić information content (AvgIpc) is 2.82. The quantitative estimate of drug-likeness (QED) is 0.532. The fourth-order valence-electron chi connectivity index (χ4n) is 3.47. The Kier molecular flexibility index (Phi) is 7.29. The van der Waals surface area contributed by atoms with Gasteiger partial charge < -0.3 is 15.5 Å². The summed E-state index contributed by atoms with van der Waals surface area (Å²) >= 11 is 5.98. The average molecular weight is 484 g/mol. The molecule has 1 aromatic carbocycles. The number of halogens is 2. The van der Waals surface area contributed by atoms with E-state index in [1.165, 1.54) is 24.4 Å². The smallest absolute Gasteiger partial charge is 0.236 e. The normalized spacial score (nSPS) is 14.2. The number of piperazine rings is 1. The zero-order chi connectivity index (χ0) is 24.1. The number of carbonyl (C=O) groups excluding carboxylic acids is 2. The minimum Gasteiger partial charge on any atom is -0.354 e. The van der Waals surface area contributed by atoms with Gasteiger partial charge in [-0.1, -0.05) is 11.6 Å². The first-order valence-electron chi connectivity index (χ1n) is 10.6. The molecule has 0 bridgehead atoms. The van der Waals surface area contributed by atoms with Gasteiger partial charge in [-0.15, -0.1) is 0 Å². The Balaban J connectivity index is 1.37. The van der Waals surface area contributed by atoms with E-state index in [2.05, 4.69) is 25.8 Å². The molecule has 1 fully saturated rings. The zero-order valence-corrected chi connectivity index (χ0v) is 19.2. The van der Waals surface area contributed by atoms with Crippen molar-refractivity contribution in [3.05, 3.63) is 59.6 Å². The lowest BCUT2D eigenvalue weighted by atomic mass is 10.1. The molecule has 1 saturated heterocycles. The standard InChI is InChI=1S/C23H23ClFN7O2/c1-31-8-9-32(14-23(31)34)7-5-22(33)29-21-12-16(4-6-26-21)28-17-11-20(30-27-13-17)18-10-15(24)2-3-19(18)25/h2-4,6,10-13H,5,7-9,14H2,1H3,(H2,26,28,29,30,33). The number of benzene rings is 1. The Morgan fingerprint density at radius 1 is 1.18 bits per heavy atom. The molecule has 0 atom stereocenters. The molecule has 9 nitrogen and oxygen atoms in total. The van der Waals surface area contributed by atoms with Gasteiger partial charge in [0.05, 0.1) is 24.1 Å². The second-order valence-electron chi connectivity index (χ2n) is 7.90. The third kappa shape index (κ3) is 6.03. The van der Waals surface area contributed by atoms with Gasteiger partial charge in [-0.05, 0) is 30.3 Å². The summed E-state index contributed by atoms with van der Waals surface area (Å²) in [6.07, 6.45) is 3.31. The first-order chi connectivity index (χ1) is 16.4. The summed E-state index contributed by atoms with van der Waals surface area (Å²) in [4.78, 5) is 32.0. The molecule has 0 radical (unpaired) electrons. The highest BCUT2D eigenvalue weighted by Crippen LogP contribution is 2.27. The maximum absolute atomic E-state index is 14.2. The summed E-state index contributed by atoms with van der Waals surface area (Å²) in [7, 11) is 1.78. The van der Waals surface area contributed by atoms with Crippen molar-refractivity contribution in [2.24, 2.45) is 0 Å². The molecule has 3 heterocycles. The van der Waals surface area contributed by atoms with Crippen molar-refractivity contribution in [1.82, 2.24) is 25.0 Å². The van der Waals surface area contributed by atoms with E-state index < -0.39 is 5.82 Å². The number of hydrogen-bond donors (Lipinski definition) is 2. The number of carbonyl (C=O) groups is 2.